The number of furan rings is 1. The summed E-state index contributed by atoms with van der Waals surface area (Å²) in [6.07, 6.45) is 0. The van der Waals surface area contributed by atoms with Crippen LogP contribution in [0.2, 0.25) is 0 Å². The summed E-state index contributed by atoms with van der Waals surface area (Å²) >= 11 is 0. The predicted octanol–water partition coefficient (Wildman–Crippen LogP) is 12.6. The number of benzene rings is 6. The number of hydrogen-bond donors (Lipinski definition) is 0. The van der Waals surface area contributed by atoms with Crippen LogP contribution in [0.1, 0.15) is 85.7 Å². The summed E-state index contributed by atoms with van der Waals surface area (Å²) in [4.78, 5) is 5.29. The van der Waals surface area contributed by atoms with Gasteiger partial charge >= 0.3 is 0 Å². The number of aromatic nitrogens is 2. The molecule has 6 aromatic carbocycles. The third kappa shape index (κ3) is 4.29. The van der Waals surface area contributed by atoms with E-state index in [0.717, 1.165) is 55.0 Å². The van der Waals surface area contributed by atoms with Gasteiger partial charge in [-0.1, -0.05) is 108 Å². The zero-order valence-corrected chi connectivity index (χ0v) is 27.3. The zero-order chi connectivity index (χ0) is 34.4. The number of fused-ring (bicyclic) bond motifs is 7. The number of para-hydroxylation sites is 2. The average Bonchev–Trinajstić information content (AvgIpc) is 3.64. The second-order valence-electron chi connectivity index (χ2n) is 13.6. The van der Waals surface area contributed by atoms with E-state index in [1.807, 2.05) is 30.3 Å². The molecule has 0 radical (unpaired) electrons. The lowest BCUT2D eigenvalue weighted by Crippen LogP contribution is -2.10. The van der Waals surface area contributed by atoms with E-state index < -0.39 is 6.85 Å². The van der Waals surface area contributed by atoms with Crippen LogP contribution in [-0.2, 0) is 0 Å². The maximum atomic E-state index is 8.56. The van der Waals surface area contributed by atoms with Gasteiger partial charge in [0.25, 0.3) is 0 Å². The van der Waals surface area contributed by atoms with Gasteiger partial charge in [-0.3, -0.25) is 4.57 Å². The van der Waals surface area contributed by atoms with Crippen molar-refractivity contribution in [2.24, 2.45) is 0 Å². The van der Waals surface area contributed by atoms with Crippen molar-refractivity contribution in [3.05, 3.63) is 119 Å². The van der Waals surface area contributed by atoms with Crippen molar-refractivity contribution in [3.8, 4) is 17.1 Å². The standard InChI is InChI=1S/C43H40N2O/c1-24(2)30-21-33(25(3)4)41(34(22-30)26(5)6)45-38-15-11-10-14-37(38)44-43(45)32-19-16-27(7)40-36-20-29-18-17-28-12-8-9-13-31(28)35(29)23-39(36)46-42(32)40/h8-26H,1-7H3/i7D3. The minimum absolute atomic E-state index is 0.256. The van der Waals surface area contributed by atoms with Crippen molar-refractivity contribution in [2.45, 2.75) is 66.1 Å². The lowest BCUT2D eigenvalue weighted by Gasteiger charge is -2.25. The molecule has 0 unspecified atom stereocenters. The second-order valence-corrected chi connectivity index (χ2v) is 13.6. The van der Waals surface area contributed by atoms with E-state index in [2.05, 4.69) is 107 Å². The first-order valence-electron chi connectivity index (χ1n) is 17.9. The molecule has 0 fully saturated rings. The molecule has 46 heavy (non-hydrogen) atoms. The van der Waals surface area contributed by atoms with E-state index in [1.54, 1.807) is 6.07 Å². The smallest absolute Gasteiger partial charge is 0.149 e. The van der Waals surface area contributed by atoms with Gasteiger partial charge in [-0.15, -0.1) is 0 Å². The van der Waals surface area contributed by atoms with Gasteiger partial charge in [-0.25, -0.2) is 4.98 Å². The minimum atomic E-state index is -2.34. The molecule has 0 saturated carbocycles. The summed E-state index contributed by atoms with van der Waals surface area (Å²) in [5.74, 6) is 1.63. The molecule has 0 amide bonds. The van der Waals surface area contributed by atoms with Crippen LogP contribution >= 0.6 is 0 Å². The minimum Gasteiger partial charge on any atom is -0.455 e. The number of nitrogens with zero attached hydrogens (tertiary/aromatic N) is 2. The SMILES string of the molecule is [2H]C([2H])([2H])c1ccc(-c2nc3ccccc3n2-c2c(C(C)C)cc(C(C)C)cc2C(C)C)c2oc3cc4c(ccc5ccccc54)cc3c12. The van der Waals surface area contributed by atoms with Crippen LogP contribution in [-0.4, -0.2) is 9.55 Å². The molecule has 0 aliphatic carbocycles. The molecule has 0 atom stereocenters. The highest BCUT2D eigenvalue weighted by atomic mass is 16.3. The Hall–Kier alpha value is -4.89. The van der Waals surface area contributed by atoms with Crippen molar-refractivity contribution in [1.29, 1.82) is 0 Å². The van der Waals surface area contributed by atoms with Crippen molar-refractivity contribution >= 4 is 54.5 Å². The third-order valence-corrected chi connectivity index (χ3v) is 9.61. The van der Waals surface area contributed by atoms with Crippen molar-refractivity contribution in [3.63, 3.8) is 0 Å². The van der Waals surface area contributed by atoms with Crippen LogP contribution in [0.5, 0.6) is 0 Å². The van der Waals surface area contributed by atoms with Crippen molar-refractivity contribution in [1.82, 2.24) is 9.55 Å². The zero-order valence-electron chi connectivity index (χ0n) is 30.3. The lowest BCUT2D eigenvalue weighted by atomic mass is 9.87. The first kappa shape index (κ1) is 25.3. The normalized spacial score (nSPS) is 13.6. The molecule has 2 aromatic heterocycles. The van der Waals surface area contributed by atoms with E-state index in [1.165, 1.54) is 16.7 Å². The molecule has 228 valence electrons. The maximum Gasteiger partial charge on any atom is 0.149 e. The molecule has 0 spiro atoms. The van der Waals surface area contributed by atoms with Gasteiger partial charge in [0.15, 0.2) is 0 Å². The summed E-state index contributed by atoms with van der Waals surface area (Å²) in [5, 5.41) is 5.80. The molecule has 0 aliphatic heterocycles. The molecule has 3 nitrogen and oxygen atoms in total. The predicted molar refractivity (Wildman–Crippen MR) is 196 cm³/mol. The first-order chi connectivity index (χ1) is 23.4. The Kier molecular flexibility index (Phi) is 5.83. The number of imidazole rings is 1. The number of rotatable bonds is 5. The van der Waals surface area contributed by atoms with Gasteiger partial charge in [-0.05, 0) is 98.7 Å². The van der Waals surface area contributed by atoms with Gasteiger partial charge in [0.1, 0.15) is 17.0 Å². The van der Waals surface area contributed by atoms with Crippen LogP contribution < -0.4 is 0 Å². The Bertz CT molecular complexity index is 2550. The molecule has 0 N–H and O–H groups in total. The highest BCUT2D eigenvalue weighted by Crippen LogP contribution is 2.44. The Balaban J connectivity index is 1.52. The molecule has 3 heteroatoms. The van der Waals surface area contributed by atoms with E-state index in [-0.39, 0.29) is 17.4 Å². The fourth-order valence-corrected chi connectivity index (χ4v) is 7.17. The maximum absolute atomic E-state index is 8.56. The van der Waals surface area contributed by atoms with Gasteiger partial charge in [-0.2, -0.15) is 0 Å². The second kappa shape index (κ2) is 10.6. The number of hydrogen-bond acceptors (Lipinski definition) is 2. The summed E-state index contributed by atoms with van der Waals surface area (Å²) in [6.45, 7) is 11.2. The fraction of sp³-hybridized carbons (Fsp3) is 0.233. The molecule has 8 rings (SSSR count). The topological polar surface area (TPSA) is 31.0 Å². The molecule has 0 aliphatic rings. The quantitative estimate of drug-likeness (QED) is 0.183. The molecule has 2 heterocycles. The van der Waals surface area contributed by atoms with Gasteiger partial charge < -0.3 is 4.42 Å². The Morgan fingerprint density at radius 3 is 2.13 bits per heavy atom. The number of aryl methyl sites for hydroxylation is 1. The van der Waals surface area contributed by atoms with E-state index >= 15 is 0 Å². The van der Waals surface area contributed by atoms with Gasteiger partial charge in [0.2, 0.25) is 0 Å². The first-order valence-corrected chi connectivity index (χ1v) is 16.4. The molecular weight excluding hydrogens is 560 g/mol. The van der Waals surface area contributed by atoms with Crippen LogP contribution in [0.3, 0.4) is 0 Å². The summed E-state index contributed by atoms with van der Waals surface area (Å²) in [6, 6.07) is 33.3. The Labute approximate surface area is 274 Å². The summed E-state index contributed by atoms with van der Waals surface area (Å²) in [5.41, 5.74) is 9.10. The molecular formula is C43H40N2O. The van der Waals surface area contributed by atoms with E-state index in [9.17, 15) is 0 Å². The molecule has 0 saturated heterocycles. The largest absolute Gasteiger partial charge is 0.455 e. The molecule has 0 bridgehead atoms. The van der Waals surface area contributed by atoms with Crippen molar-refractivity contribution < 1.29 is 8.53 Å². The lowest BCUT2D eigenvalue weighted by molar-refractivity contribution is 0.670. The van der Waals surface area contributed by atoms with Crippen LogP contribution in [0.4, 0.5) is 0 Å². The highest BCUT2D eigenvalue weighted by molar-refractivity contribution is 6.18. The Morgan fingerprint density at radius 2 is 1.39 bits per heavy atom. The van der Waals surface area contributed by atoms with Crippen LogP contribution in [0.25, 0.3) is 71.6 Å². The summed E-state index contributed by atoms with van der Waals surface area (Å²) < 4.78 is 34.8. The highest BCUT2D eigenvalue weighted by Gasteiger charge is 2.26. The van der Waals surface area contributed by atoms with E-state index in [0.29, 0.717) is 22.5 Å². The van der Waals surface area contributed by atoms with Crippen molar-refractivity contribution in [2.75, 3.05) is 0 Å². The fourth-order valence-electron chi connectivity index (χ4n) is 7.17. The van der Waals surface area contributed by atoms with Gasteiger partial charge in [0.05, 0.1) is 22.3 Å². The van der Waals surface area contributed by atoms with Crippen LogP contribution in [0, 0.1) is 6.85 Å². The summed E-state index contributed by atoms with van der Waals surface area (Å²) in [7, 11) is 0. The van der Waals surface area contributed by atoms with E-state index in [4.69, 9.17) is 13.5 Å². The monoisotopic (exact) mass is 603 g/mol. The van der Waals surface area contributed by atoms with Gasteiger partial charge in [0, 0.05) is 14.9 Å². The third-order valence-electron chi connectivity index (χ3n) is 9.61. The average molecular weight is 604 g/mol. The molecule has 8 aromatic rings. The van der Waals surface area contributed by atoms with Crippen LogP contribution in [0.15, 0.2) is 101 Å². The Morgan fingerprint density at radius 1 is 0.674 bits per heavy atom.